The van der Waals surface area contributed by atoms with Crippen molar-refractivity contribution in [2.45, 2.75) is 25.2 Å². The summed E-state index contributed by atoms with van der Waals surface area (Å²) in [5.74, 6) is 1.56. The zero-order chi connectivity index (χ0) is 16.8. The van der Waals surface area contributed by atoms with Crippen LogP contribution in [0.1, 0.15) is 29.9 Å². The van der Waals surface area contributed by atoms with E-state index in [0.717, 1.165) is 30.8 Å². The Morgan fingerprint density at radius 1 is 1.17 bits per heavy atom. The van der Waals surface area contributed by atoms with Gasteiger partial charge >= 0.3 is 0 Å². The average molecular weight is 325 g/mol. The quantitative estimate of drug-likeness (QED) is 0.829. The molecule has 1 unspecified atom stereocenters. The fourth-order valence-corrected chi connectivity index (χ4v) is 3.18. The lowest BCUT2D eigenvalue weighted by atomic mass is 9.82. The van der Waals surface area contributed by atoms with Crippen LogP contribution in [0.4, 0.5) is 0 Å². The predicted octanol–water partition coefficient (Wildman–Crippen LogP) is 3.31. The van der Waals surface area contributed by atoms with Gasteiger partial charge in [-0.15, -0.1) is 0 Å². The second kappa shape index (κ2) is 7.86. The lowest BCUT2D eigenvalue weighted by Gasteiger charge is -2.24. The molecule has 0 aliphatic heterocycles. The van der Waals surface area contributed by atoms with Gasteiger partial charge in [-0.2, -0.15) is 0 Å². The third kappa shape index (κ3) is 3.88. The molecule has 0 radical (unpaired) electrons. The van der Waals surface area contributed by atoms with Crippen molar-refractivity contribution in [3.05, 3.63) is 59.7 Å². The van der Waals surface area contributed by atoms with Crippen LogP contribution in [0.5, 0.6) is 11.5 Å². The van der Waals surface area contributed by atoms with Gasteiger partial charge in [-0.25, -0.2) is 0 Å². The van der Waals surface area contributed by atoms with Crippen molar-refractivity contribution in [3.63, 3.8) is 0 Å². The van der Waals surface area contributed by atoms with Gasteiger partial charge in [0.2, 0.25) is 5.91 Å². The van der Waals surface area contributed by atoms with Crippen LogP contribution in [-0.2, 0) is 11.2 Å². The molecule has 1 aliphatic carbocycles. The number of hydrogen-bond acceptors (Lipinski definition) is 3. The third-order valence-corrected chi connectivity index (χ3v) is 4.40. The van der Waals surface area contributed by atoms with E-state index in [4.69, 9.17) is 9.47 Å². The predicted molar refractivity (Wildman–Crippen MR) is 93.6 cm³/mol. The molecule has 0 heterocycles. The molecular formula is C20H23NO3. The highest BCUT2D eigenvalue weighted by Crippen LogP contribution is 2.31. The molecule has 2 aromatic carbocycles. The second-order valence-corrected chi connectivity index (χ2v) is 5.96. The molecular weight excluding hydrogens is 302 g/mol. The lowest BCUT2D eigenvalue weighted by molar-refractivity contribution is -0.123. The first-order valence-electron chi connectivity index (χ1n) is 8.40. The Hall–Kier alpha value is -2.49. The van der Waals surface area contributed by atoms with Crippen molar-refractivity contribution in [3.8, 4) is 11.5 Å². The Morgan fingerprint density at radius 2 is 2.00 bits per heavy atom. The normalized spacial score (nSPS) is 16.1. The van der Waals surface area contributed by atoms with Gasteiger partial charge in [0.1, 0.15) is 18.1 Å². The smallest absolute Gasteiger partial charge is 0.227 e. The molecule has 3 rings (SSSR count). The van der Waals surface area contributed by atoms with Crippen LogP contribution >= 0.6 is 0 Å². The molecule has 4 heteroatoms. The number of carbonyl (C=O) groups is 1. The van der Waals surface area contributed by atoms with Gasteiger partial charge in [-0.1, -0.05) is 30.3 Å². The first-order valence-corrected chi connectivity index (χ1v) is 8.40. The first kappa shape index (κ1) is 16.4. The van der Waals surface area contributed by atoms with Crippen LogP contribution in [0, 0.1) is 0 Å². The van der Waals surface area contributed by atoms with Gasteiger partial charge < -0.3 is 14.8 Å². The molecule has 0 fully saturated rings. The van der Waals surface area contributed by atoms with Gasteiger partial charge in [-0.05, 0) is 42.5 Å². The number of aryl methyl sites for hydroxylation is 1. The molecule has 0 aromatic heterocycles. The van der Waals surface area contributed by atoms with Crippen LogP contribution in [0.2, 0.25) is 0 Å². The Bertz CT molecular complexity index is 699. The number of ether oxygens (including phenoxy) is 2. The Morgan fingerprint density at radius 3 is 2.88 bits per heavy atom. The number of amides is 1. The van der Waals surface area contributed by atoms with E-state index >= 15 is 0 Å². The molecule has 0 bridgehead atoms. The highest BCUT2D eigenvalue weighted by Gasteiger charge is 2.25. The third-order valence-electron chi connectivity index (χ3n) is 4.40. The lowest BCUT2D eigenvalue weighted by Crippen LogP contribution is -2.34. The summed E-state index contributed by atoms with van der Waals surface area (Å²) in [6.45, 7) is 0.933. The molecule has 126 valence electrons. The number of methoxy groups -OCH3 is 1. The summed E-state index contributed by atoms with van der Waals surface area (Å²) < 4.78 is 10.8. The standard InChI is InChI=1S/C20H23NO3/c1-23-16-8-5-9-17(14-16)24-13-12-21-20(22)19-11-4-7-15-6-2-3-10-18(15)19/h2-3,5-6,8-10,14,19H,4,7,11-13H2,1H3,(H,21,22). The Kier molecular flexibility index (Phi) is 5.36. The van der Waals surface area contributed by atoms with Crippen molar-refractivity contribution in [2.24, 2.45) is 0 Å². The van der Waals surface area contributed by atoms with Crippen LogP contribution in [0.15, 0.2) is 48.5 Å². The van der Waals surface area contributed by atoms with Gasteiger partial charge in [0.05, 0.1) is 19.6 Å². The summed E-state index contributed by atoms with van der Waals surface area (Å²) in [6.07, 6.45) is 3.05. The molecule has 1 aliphatic rings. The number of nitrogens with one attached hydrogen (secondary N) is 1. The summed E-state index contributed by atoms with van der Waals surface area (Å²) in [5, 5.41) is 3.00. The number of hydrogen-bond donors (Lipinski definition) is 1. The number of benzene rings is 2. The van der Waals surface area contributed by atoms with Gasteiger partial charge in [-0.3, -0.25) is 4.79 Å². The Balaban J connectivity index is 1.50. The van der Waals surface area contributed by atoms with Gasteiger partial charge in [0.25, 0.3) is 0 Å². The first-order chi connectivity index (χ1) is 11.8. The van der Waals surface area contributed by atoms with E-state index in [1.807, 2.05) is 36.4 Å². The highest BCUT2D eigenvalue weighted by atomic mass is 16.5. The molecule has 0 saturated carbocycles. The zero-order valence-corrected chi connectivity index (χ0v) is 14.0. The summed E-state index contributed by atoms with van der Waals surface area (Å²) in [5.41, 5.74) is 2.48. The van der Waals surface area contributed by atoms with Gasteiger partial charge in [0, 0.05) is 6.07 Å². The molecule has 4 nitrogen and oxygen atoms in total. The van der Waals surface area contributed by atoms with E-state index in [-0.39, 0.29) is 11.8 Å². The number of rotatable bonds is 6. The molecule has 2 aromatic rings. The average Bonchev–Trinajstić information content (AvgIpc) is 2.64. The summed E-state index contributed by atoms with van der Waals surface area (Å²) >= 11 is 0. The minimum atomic E-state index is -0.0354. The molecule has 1 atom stereocenters. The monoisotopic (exact) mass is 325 g/mol. The topological polar surface area (TPSA) is 47.6 Å². The summed E-state index contributed by atoms with van der Waals surface area (Å²) in [6, 6.07) is 15.7. The maximum absolute atomic E-state index is 12.5. The summed E-state index contributed by atoms with van der Waals surface area (Å²) in [4.78, 5) is 12.5. The Labute approximate surface area is 142 Å². The fraction of sp³-hybridized carbons (Fsp3) is 0.350. The molecule has 0 saturated heterocycles. The van der Waals surface area contributed by atoms with Crippen molar-refractivity contribution in [1.82, 2.24) is 5.32 Å². The number of carbonyl (C=O) groups excluding carboxylic acids is 1. The molecule has 24 heavy (non-hydrogen) atoms. The van der Waals surface area contributed by atoms with Crippen LogP contribution in [-0.4, -0.2) is 26.2 Å². The summed E-state index contributed by atoms with van der Waals surface area (Å²) in [7, 11) is 1.63. The largest absolute Gasteiger partial charge is 0.497 e. The number of fused-ring (bicyclic) bond motifs is 1. The molecule has 1 N–H and O–H groups in total. The van der Waals surface area contributed by atoms with E-state index in [9.17, 15) is 4.79 Å². The SMILES string of the molecule is COc1cccc(OCCNC(=O)C2CCCc3ccccc32)c1. The van der Waals surface area contributed by atoms with Crippen LogP contribution in [0.3, 0.4) is 0 Å². The van der Waals surface area contributed by atoms with E-state index in [0.29, 0.717) is 13.2 Å². The minimum Gasteiger partial charge on any atom is -0.497 e. The fourth-order valence-electron chi connectivity index (χ4n) is 3.18. The second-order valence-electron chi connectivity index (χ2n) is 5.96. The maximum Gasteiger partial charge on any atom is 0.227 e. The zero-order valence-electron chi connectivity index (χ0n) is 14.0. The van der Waals surface area contributed by atoms with Crippen molar-refractivity contribution in [2.75, 3.05) is 20.3 Å². The minimum absolute atomic E-state index is 0.0354. The van der Waals surface area contributed by atoms with Crippen molar-refractivity contribution in [1.29, 1.82) is 0 Å². The van der Waals surface area contributed by atoms with Crippen LogP contribution < -0.4 is 14.8 Å². The van der Waals surface area contributed by atoms with E-state index in [1.165, 1.54) is 11.1 Å². The van der Waals surface area contributed by atoms with E-state index in [2.05, 4.69) is 17.4 Å². The highest BCUT2D eigenvalue weighted by molar-refractivity contribution is 5.84. The molecule has 1 amide bonds. The van der Waals surface area contributed by atoms with Gasteiger partial charge in [0.15, 0.2) is 0 Å². The van der Waals surface area contributed by atoms with Crippen molar-refractivity contribution < 1.29 is 14.3 Å². The molecule has 0 spiro atoms. The van der Waals surface area contributed by atoms with Crippen LogP contribution in [0.25, 0.3) is 0 Å². The maximum atomic E-state index is 12.5. The van der Waals surface area contributed by atoms with Crippen molar-refractivity contribution >= 4 is 5.91 Å². The van der Waals surface area contributed by atoms with E-state index < -0.39 is 0 Å². The van der Waals surface area contributed by atoms with E-state index in [1.54, 1.807) is 7.11 Å².